The molecule has 0 bridgehead atoms. The summed E-state index contributed by atoms with van der Waals surface area (Å²) < 4.78 is 7.78. The lowest BCUT2D eigenvalue weighted by molar-refractivity contribution is -0.117. The molecule has 0 radical (unpaired) electrons. The number of fused-ring (bicyclic) bond motifs is 1. The molecule has 2 heterocycles. The number of amides is 1. The Kier molecular flexibility index (Phi) is 5.60. The highest BCUT2D eigenvalue weighted by Gasteiger charge is 2.35. The third kappa shape index (κ3) is 4.09. The van der Waals surface area contributed by atoms with Gasteiger partial charge >= 0.3 is 0 Å². The minimum Gasteiger partial charge on any atom is -0.491 e. The maximum Gasteiger partial charge on any atom is 0.227 e. The van der Waals surface area contributed by atoms with Crippen LogP contribution < -0.4 is 9.64 Å². The van der Waals surface area contributed by atoms with Crippen LogP contribution in [0.3, 0.4) is 0 Å². The molecule has 0 saturated carbocycles. The Labute approximate surface area is 186 Å². The summed E-state index contributed by atoms with van der Waals surface area (Å²) in [5.74, 6) is 1.60. The number of rotatable bonds is 7. The second-order valence-corrected chi connectivity index (χ2v) is 8.09. The summed E-state index contributed by atoms with van der Waals surface area (Å²) in [6.07, 6.45) is -0.316. The summed E-state index contributed by atoms with van der Waals surface area (Å²) in [7, 11) is 0. The zero-order valence-electron chi connectivity index (χ0n) is 17.7. The van der Waals surface area contributed by atoms with Crippen LogP contribution in [0.1, 0.15) is 18.2 Å². The molecule has 1 aliphatic rings. The van der Waals surface area contributed by atoms with Crippen molar-refractivity contribution >= 4 is 22.6 Å². The molecule has 0 unspecified atom stereocenters. The van der Waals surface area contributed by atoms with Gasteiger partial charge in [0.2, 0.25) is 5.91 Å². The van der Waals surface area contributed by atoms with E-state index < -0.39 is 6.10 Å². The molecular weight excluding hydrogens is 402 g/mol. The number of hydrogen-bond acceptors (Lipinski definition) is 4. The van der Waals surface area contributed by atoms with Crippen molar-refractivity contribution in [1.82, 2.24) is 9.55 Å². The summed E-state index contributed by atoms with van der Waals surface area (Å²) in [6.45, 7) is 1.09. The topological polar surface area (TPSA) is 67.6 Å². The number of aromatic nitrogens is 2. The Bertz CT molecular complexity index is 1210. The molecular formula is C26H25N3O3. The van der Waals surface area contributed by atoms with Crippen LogP contribution >= 0.6 is 0 Å². The highest BCUT2D eigenvalue weighted by atomic mass is 16.5. The SMILES string of the molecule is O=C1C[C@H](c2nc3ccccc3n2C[C@@H](O)COc2ccccc2)CN1c1ccccc1. The third-order valence-electron chi connectivity index (χ3n) is 5.82. The number of aliphatic hydroxyl groups is 1. The first-order chi connectivity index (χ1) is 15.7. The number of anilines is 1. The molecule has 0 aliphatic carbocycles. The monoisotopic (exact) mass is 427 g/mol. The van der Waals surface area contributed by atoms with Gasteiger partial charge in [-0.3, -0.25) is 4.79 Å². The molecule has 162 valence electrons. The molecule has 1 aliphatic heterocycles. The minimum absolute atomic E-state index is 0.0441. The van der Waals surface area contributed by atoms with Crippen LogP contribution in [0.15, 0.2) is 84.9 Å². The lowest BCUT2D eigenvalue weighted by Crippen LogP contribution is -2.26. The number of nitrogens with zero attached hydrogens (tertiary/aromatic N) is 3. The van der Waals surface area contributed by atoms with Crippen molar-refractivity contribution in [2.45, 2.75) is 25.0 Å². The molecule has 3 aromatic carbocycles. The number of carbonyl (C=O) groups excluding carboxylic acids is 1. The van der Waals surface area contributed by atoms with E-state index in [0.29, 0.717) is 19.5 Å². The van der Waals surface area contributed by atoms with Crippen molar-refractivity contribution < 1.29 is 14.6 Å². The predicted molar refractivity (Wildman–Crippen MR) is 124 cm³/mol. The van der Waals surface area contributed by atoms with Gasteiger partial charge in [-0.15, -0.1) is 0 Å². The van der Waals surface area contributed by atoms with Gasteiger partial charge in [0.1, 0.15) is 24.3 Å². The largest absolute Gasteiger partial charge is 0.491 e. The number of para-hydroxylation sites is 4. The summed E-state index contributed by atoms with van der Waals surface area (Å²) in [5, 5.41) is 10.7. The first-order valence-corrected chi connectivity index (χ1v) is 10.9. The van der Waals surface area contributed by atoms with Crippen LogP contribution in [0, 0.1) is 0 Å². The van der Waals surface area contributed by atoms with Crippen molar-refractivity contribution in [3.63, 3.8) is 0 Å². The van der Waals surface area contributed by atoms with Gasteiger partial charge in [0.15, 0.2) is 0 Å². The zero-order valence-corrected chi connectivity index (χ0v) is 17.7. The first kappa shape index (κ1) is 20.3. The molecule has 1 N–H and O–H groups in total. The lowest BCUT2D eigenvalue weighted by atomic mass is 10.1. The van der Waals surface area contributed by atoms with Gasteiger partial charge < -0.3 is 19.3 Å². The van der Waals surface area contributed by atoms with Crippen LogP contribution in [0.5, 0.6) is 5.75 Å². The Morgan fingerprint density at radius 2 is 1.66 bits per heavy atom. The number of imidazole rings is 1. The van der Waals surface area contributed by atoms with Crippen LogP contribution in [-0.2, 0) is 11.3 Å². The van der Waals surface area contributed by atoms with Crippen LogP contribution in [0.2, 0.25) is 0 Å². The fraction of sp³-hybridized carbons (Fsp3) is 0.231. The average Bonchev–Trinajstić information content (AvgIpc) is 3.39. The molecule has 32 heavy (non-hydrogen) atoms. The van der Waals surface area contributed by atoms with E-state index in [2.05, 4.69) is 0 Å². The molecule has 6 nitrogen and oxygen atoms in total. The van der Waals surface area contributed by atoms with Crippen molar-refractivity contribution in [1.29, 1.82) is 0 Å². The highest BCUT2D eigenvalue weighted by molar-refractivity contribution is 5.96. The summed E-state index contributed by atoms with van der Waals surface area (Å²) in [5.41, 5.74) is 2.72. The van der Waals surface area contributed by atoms with E-state index in [1.807, 2.05) is 94.4 Å². The molecule has 1 saturated heterocycles. The van der Waals surface area contributed by atoms with Gasteiger partial charge in [-0.2, -0.15) is 0 Å². The number of carbonyl (C=O) groups is 1. The molecule has 5 rings (SSSR count). The van der Waals surface area contributed by atoms with Crippen molar-refractivity contribution in [2.75, 3.05) is 18.1 Å². The van der Waals surface area contributed by atoms with E-state index in [1.54, 1.807) is 0 Å². The van der Waals surface area contributed by atoms with Crippen LogP contribution in [-0.4, -0.2) is 39.8 Å². The van der Waals surface area contributed by atoms with Gasteiger partial charge in [0, 0.05) is 24.6 Å². The smallest absolute Gasteiger partial charge is 0.227 e. The Hall–Kier alpha value is -3.64. The van der Waals surface area contributed by atoms with Gasteiger partial charge in [0.25, 0.3) is 0 Å². The summed E-state index contributed by atoms with van der Waals surface area (Å²) >= 11 is 0. The highest BCUT2D eigenvalue weighted by Crippen LogP contribution is 2.33. The second kappa shape index (κ2) is 8.85. The Morgan fingerprint density at radius 3 is 2.44 bits per heavy atom. The van der Waals surface area contributed by atoms with Crippen LogP contribution in [0.25, 0.3) is 11.0 Å². The molecule has 1 fully saturated rings. The zero-order chi connectivity index (χ0) is 21.9. The van der Waals surface area contributed by atoms with E-state index in [0.717, 1.165) is 28.3 Å². The molecule has 1 aromatic heterocycles. The van der Waals surface area contributed by atoms with Crippen molar-refractivity contribution in [2.24, 2.45) is 0 Å². The molecule has 2 atom stereocenters. The van der Waals surface area contributed by atoms with E-state index >= 15 is 0 Å². The molecule has 1 amide bonds. The Morgan fingerprint density at radius 1 is 0.969 bits per heavy atom. The second-order valence-electron chi connectivity index (χ2n) is 8.09. The standard InChI is InChI=1S/C26H25N3O3/c30-21(18-32-22-11-5-2-6-12-22)17-29-24-14-8-7-13-23(24)27-26(29)19-15-25(31)28(16-19)20-9-3-1-4-10-20/h1-14,19,21,30H,15-18H2/t19-,21+/m0/s1. The summed E-state index contributed by atoms with van der Waals surface area (Å²) in [4.78, 5) is 19.5. The lowest BCUT2D eigenvalue weighted by Gasteiger charge is -2.19. The first-order valence-electron chi connectivity index (χ1n) is 10.9. The normalized spacial score (nSPS) is 17.1. The van der Waals surface area contributed by atoms with Gasteiger partial charge in [0.05, 0.1) is 17.6 Å². The number of hydrogen-bond donors (Lipinski definition) is 1. The summed E-state index contributed by atoms with van der Waals surface area (Å²) in [6, 6.07) is 27.1. The Balaban J connectivity index is 1.39. The maximum absolute atomic E-state index is 12.8. The number of benzene rings is 3. The van der Waals surface area contributed by atoms with E-state index in [1.165, 1.54) is 0 Å². The van der Waals surface area contributed by atoms with Crippen LogP contribution in [0.4, 0.5) is 5.69 Å². The van der Waals surface area contributed by atoms with Gasteiger partial charge in [-0.25, -0.2) is 4.98 Å². The van der Waals surface area contributed by atoms with E-state index in [-0.39, 0.29) is 18.4 Å². The number of aliphatic hydroxyl groups excluding tert-OH is 1. The van der Waals surface area contributed by atoms with Crippen molar-refractivity contribution in [3.8, 4) is 5.75 Å². The average molecular weight is 428 g/mol. The fourth-order valence-corrected chi connectivity index (χ4v) is 4.31. The van der Waals surface area contributed by atoms with E-state index in [9.17, 15) is 9.90 Å². The predicted octanol–water partition coefficient (Wildman–Crippen LogP) is 4.00. The molecule has 0 spiro atoms. The van der Waals surface area contributed by atoms with Crippen molar-refractivity contribution in [3.05, 3.63) is 90.8 Å². The fourth-order valence-electron chi connectivity index (χ4n) is 4.31. The molecule has 4 aromatic rings. The number of ether oxygens (including phenoxy) is 1. The minimum atomic E-state index is -0.714. The van der Waals surface area contributed by atoms with Gasteiger partial charge in [-0.1, -0.05) is 48.5 Å². The molecule has 6 heteroatoms. The van der Waals surface area contributed by atoms with Gasteiger partial charge in [-0.05, 0) is 36.4 Å². The third-order valence-corrected chi connectivity index (χ3v) is 5.82. The maximum atomic E-state index is 12.8. The quantitative estimate of drug-likeness (QED) is 0.484. The van der Waals surface area contributed by atoms with E-state index in [4.69, 9.17) is 9.72 Å².